The van der Waals surface area contributed by atoms with Crippen LogP contribution in [0.2, 0.25) is 0 Å². The fourth-order valence-electron chi connectivity index (χ4n) is 1.74. The summed E-state index contributed by atoms with van der Waals surface area (Å²) in [5, 5.41) is 0. The first-order valence-corrected chi connectivity index (χ1v) is 6.98. The maximum Gasteiger partial charge on any atom is 0.440 e. The maximum absolute atomic E-state index is 11.4. The summed E-state index contributed by atoms with van der Waals surface area (Å²) in [4.78, 5) is 26.1. The molecule has 6 heteroatoms. The van der Waals surface area contributed by atoms with Crippen molar-refractivity contribution in [2.45, 2.75) is 6.54 Å². The van der Waals surface area contributed by atoms with Crippen LogP contribution in [0, 0.1) is 11.8 Å². The highest BCUT2D eigenvalue weighted by Gasteiger charge is 2.05. The van der Waals surface area contributed by atoms with Gasteiger partial charge in [-0.15, -0.1) is 16.1 Å². The number of hydrogen-bond acceptors (Lipinski definition) is 4. The Morgan fingerprint density at radius 1 is 1.10 bits per heavy atom. The molecule has 0 aliphatic heterocycles. The molecule has 0 saturated carbocycles. The van der Waals surface area contributed by atoms with E-state index in [1.807, 2.05) is 47.4 Å². The van der Waals surface area contributed by atoms with Gasteiger partial charge in [-0.2, -0.15) is 0 Å². The van der Waals surface area contributed by atoms with E-state index < -0.39 is 11.4 Å². The van der Waals surface area contributed by atoms with Crippen LogP contribution in [0.5, 0.6) is 0 Å². The zero-order valence-corrected chi connectivity index (χ0v) is 11.6. The molecule has 1 aromatic carbocycles. The van der Waals surface area contributed by atoms with Crippen molar-refractivity contribution >= 4 is 11.3 Å². The fourth-order valence-corrected chi connectivity index (χ4v) is 2.58. The van der Waals surface area contributed by atoms with Crippen molar-refractivity contribution < 1.29 is 4.52 Å². The lowest BCUT2D eigenvalue weighted by molar-refractivity contribution is 0.259. The summed E-state index contributed by atoms with van der Waals surface area (Å²) in [6, 6.07) is 13.4. The number of aromatic nitrogens is 2. The molecule has 0 aliphatic rings. The highest BCUT2D eigenvalue weighted by atomic mass is 32.1. The Kier molecular flexibility index (Phi) is 3.58. The Balaban J connectivity index is 1.78. The molecule has 104 valence electrons. The first-order valence-electron chi connectivity index (χ1n) is 6.17. The van der Waals surface area contributed by atoms with Gasteiger partial charge in [0, 0.05) is 10.4 Å². The molecule has 1 N–H and O–H groups in total. The van der Waals surface area contributed by atoms with Crippen molar-refractivity contribution in [3.05, 3.63) is 78.8 Å². The van der Waals surface area contributed by atoms with E-state index in [2.05, 4.69) is 11.8 Å². The van der Waals surface area contributed by atoms with Crippen LogP contribution in [0.4, 0.5) is 0 Å². The van der Waals surface area contributed by atoms with Crippen LogP contribution in [0.25, 0.3) is 0 Å². The minimum absolute atomic E-state index is 0.218. The summed E-state index contributed by atoms with van der Waals surface area (Å²) in [6.07, 6.45) is 0. The quantitative estimate of drug-likeness (QED) is 0.731. The van der Waals surface area contributed by atoms with Crippen molar-refractivity contribution in [1.82, 2.24) is 9.72 Å². The largest absolute Gasteiger partial charge is 0.440 e. The number of hydrogen-bond donors (Lipinski definition) is 1. The van der Waals surface area contributed by atoms with Crippen molar-refractivity contribution in [2.24, 2.45) is 0 Å². The number of H-pyrrole nitrogens is 1. The molecule has 0 unspecified atom stereocenters. The third-order valence-electron chi connectivity index (χ3n) is 2.69. The van der Waals surface area contributed by atoms with E-state index in [1.54, 1.807) is 0 Å². The number of benzene rings is 1. The molecular weight excluding hydrogens is 288 g/mol. The van der Waals surface area contributed by atoms with Crippen molar-refractivity contribution in [2.75, 3.05) is 0 Å². The first kappa shape index (κ1) is 13.2. The lowest BCUT2D eigenvalue weighted by Gasteiger charge is -1.93. The highest BCUT2D eigenvalue weighted by molar-refractivity contribution is 7.12. The van der Waals surface area contributed by atoms with Crippen LogP contribution < -0.4 is 11.4 Å². The van der Waals surface area contributed by atoms with Crippen molar-refractivity contribution in [1.29, 1.82) is 0 Å². The number of aromatic amines is 1. The van der Waals surface area contributed by atoms with Crippen LogP contribution in [0.15, 0.2) is 56.6 Å². The molecule has 0 saturated heterocycles. The minimum Gasteiger partial charge on any atom is -0.317 e. The number of nitrogens with zero attached hydrogens (tertiary/aromatic N) is 1. The molecule has 21 heavy (non-hydrogen) atoms. The average molecular weight is 298 g/mol. The molecule has 0 bridgehead atoms. The Labute approximate surface area is 123 Å². The second-order valence-electron chi connectivity index (χ2n) is 4.23. The van der Waals surface area contributed by atoms with Crippen molar-refractivity contribution in [3.63, 3.8) is 0 Å². The second kappa shape index (κ2) is 5.69. The zero-order valence-electron chi connectivity index (χ0n) is 10.8. The van der Waals surface area contributed by atoms with Gasteiger partial charge in [0.15, 0.2) is 0 Å². The molecule has 5 nitrogen and oxygen atoms in total. The molecule has 2 heterocycles. The molecule has 0 atom stereocenters. The fraction of sp³-hybridized carbons (Fsp3) is 0.0667. The number of nitrogens with one attached hydrogen (secondary N) is 1. The van der Waals surface area contributed by atoms with Gasteiger partial charge in [-0.25, -0.2) is 14.6 Å². The van der Waals surface area contributed by atoms with Crippen LogP contribution in [-0.2, 0) is 6.54 Å². The smallest absolute Gasteiger partial charge is 0.317 e. The summed E-state index contributed by atoms with van der Waals surface area (Å²) in [5.41, 5.74) is 0.394. The minimum atomic E-state index is -0.749. The molecule has 3 rings (SSSR count). The lowest BCUT2D eigenvalue weighted by atomic mass is 10.2. The lowest BCUT2D eigenvalue weighted by Crippen LogP contribution is -2.16. The Morgan fingerprint density at radius 3 is 2.62 bits per heavy atom. The van der Waals surface area contributed by atoms with E-state index in [4.69, 9.17) is 4.52 Å². The Bertz CT molecular complexity index is 919. The summed E-state index contributed by atoms with van der Waals surface area (Å²) < 4.78 is 5.71. The van der Waals surface area contributed by atoms with Gasteiger partial charge in [-0.1, -0.05) is 30.0 Å². The highest BCUT2D eigenvalue weighted by Crippen LogP contribution is 2.16. The van der Waals surface area contributed by atoms with Gasteiger partial charge in [0.2, 0.25) is 0 Å². The van der Waals surface area contributed by atoms with Gasteiger partial charge >= 0.3 is 11.4 Å². The second-order valence-corrected chi connectivity index (χ2v) is 5.40. The maximum atomic E-state index is 11.4. The standard InChI is InChI=1S/C15H10N2O3S/c18-14-16-15(19)20-17(14)10-13-9-8-12(21-13)7-6-11-4-2-1-3-5-11/h1-5,8-9H,10H2,(H,16,18,19). The summed E-state index contributed by atoms with van der Waals surface area (Å²) in [6.45, 7) is 0.218. The van der Waals surface area contributed by atoms with Gasteiger partial charge in [-0.05, 0) is 24.3 Å². The van der Waals surface area contributed by atoms with Crippen LogP contribution >= 0.6 is 11.3 Å². The third-order valence-corrected chi connectivity index (χ3v) is 3.68. The SMILES string of the molecule is O=c1[nH]c(=O)n(Cc2ccc(C#Cc3ccccc3)s2)o1. The van der Waals surface area contributed by atoms with E-state index in [9.17, 15) is 9.59 Å². The molecule has 2 aromatic heterocycles. The van der Waals surface area contributed by atoms with E-state index in [1.165, 1.54) is 11.3 Å². The number of thiophene rings is 1. The topological polar surface area (TPSA) is 68.0 Å². The summed E-state index contributed by atoms with van der Waals surface area (Å²) >= 11 is 1.46. The molecule has 0 spiro atoms. The summed E-state index contributed by atoms with van der Waals surface area (Å²) in [5.74, 6) is 5.38. The normalized spacial score (nSPS) is 10.1. The van der Waals surface area contributed by atoms with Gasteiger partial charge < -0.3 is 4.52 Å². The van der Waals surface area contributed by atoms with E-state index in [-0.39, 0.29) is 6.54 Å². The van der Waals surface area contributed by atoms with E-state index in [0.29, 0.717) is 0 Å². The van der Waals surface area contributed by atoms with E-state index in [0.717, 1.165) is 20.1 Å². The van der Waals surface area contributed by atoms with Crippen molar-refractivity contribution in [3.8, 4) is 11.8 Å². The van der Waals surface area contributed by atoms with Gasteiger partial charge in [0.25, 0.3) is 0 Å². The molecule has 0 amide bonds. The van der Waals surface area contributed by atoms with Gasteiger partial charge in [0.1, 0.15) is 0 Å². The van der Waals surface area contributed by atoms with E-state index >= 15 is 0 Å². The molecule has 3 aromatic rings. The van der Waals surface area contributed by atoms with Crippen LogP contribution in [0.3, 0.4) is 0 Å². The predicted octanol–water partition coefficient (Wildman–Crippen LogP) is 1.64. The molecular formula is C15H10N2O3S. The van der Waals surface area contributed by atoms with Gasteiger partial charge in [0.05, 0.1) is 11.4 Å². The molecule has 0 radical (unpaired) electrons. The first-order chi connectivity index (χ1) is 10.2. The van der Waals surface area contributed by atoms with Gasteiger partial charge in [-0.3, -0.25) is 0 Å². The zero-order chi connectivity index (χ0) is 14.7. The number of rotatable bonds is 2. The monoisotopic (exact) mass is 298 g/mol. The third kappa shape index (κ3) is 3.22. The Hall–Kier alpha value is -2.78. The molecule has 0 aliphatic carbocycles. The predicted molar refractivity (Wildman–Crippen MR) is 79.4 cm³/mol. The average Bonchev–Trinajstić information content (AvgIpc) is 3.05. The Morgan fingerprint density at radius 2 is 1.90 bits per heavy atom. The van der Waals surface area contributed by atoms with Crippen LogP contribution in [0.1, 0.15) is 15.3 Å². The molecule has 0 fully saturated rings. The van der Waals surface area contributed by atoms with Crippen LogP contribution in [-0.4, -0.2) is 9.72 Å². The summed E-state index contributed by atoms with van der Waals surface area (Å²) in [7, 11) is 0.